The van der Waals surface area contributed by atoms with Crippen molar-refractivity contribution in [2.45, 2.75) is 23.6 Å². The van der Waals surface area contributed by atoms with Crippen LogP contribution in [0.2, 0.25) is 0 Å². The van der Waals surface area contributed by atoms with Crippen molar-refractivity contribution in [2.75, 3.05) is 5.32 Å². The van der Waals surface area contributed by atoms with Crippen molar-refractivity contribution in [1.29, 1.82) is 0 Å². The van der Waals surface area contributed by atoms with E-state index < -0.39 is 0 Å². The van der Waals surface area contributed by atoms with E-state index in [1.807, 2.05) is 31.2 Å². The van der Waals surface area contributed by atoms with Crippen molar-refractivity contribution in [1.82, 2.24) is 0 Å². The summed E-state index contributed by atoms with van der Waals surface area (Å²) in [5.41, 5.74) is 4.03. The molecule has 0 spiro atoms. The molecule has 0 saturated carbocycles. The van der Waals surface area contributed by atoms with E-state index in [-0.39, 0.29) is 5.91 Å². The first kappa shape index (κ1) is 11.4. The summed E-state index contributed by atoms with van der Waals surface area (Å²) < 4.78 is 0. The Kier molecular flexibility index (Phi) is 2.63. The lowest BCUT2D eigenvalue weighted by molar-refractivity contribution is 0.102. The number of hydrogen-bond acceptors (Lipinski definition) is 2. The van der Waals surface area contributed by atoms with E-state index in [1.165, 1.54) is 5.56 Å². The fourth-order valence-corrected chi connectivity index (χ4v) is 3.17. The maximum Gasteiger partial charge on any atom is 0.256 e. The number of amides is 1. The lowest BCUT2D eigenvalue weighted by Crippen LogP contribution is -2.12. The van der Waals surface area contributed by atoms with Crippen LogP contribution in [0.15, 0.2) is 46.2 Å². The van der Waals surface area contributed by atoms with E-state index in [9.17, 15) is 4.79 Å². The van der Waals surface area contributed by atoms with Gasteiger partial charge in [-0.25, -0.2) is 0 Å². The summed E-state index contributed by atoms with van der Waals surface area (Å²) in [6.07, 6.45) is 0. The second-order valence-corrected chi connectivity index (χ2v) is 5.52. The van der Waals surface area contributed by atoms with Crippen molar-refractivity contribution < 1.29 is 4.79 Å². The molecule has 0 fully saturated rings. The largest absolute Gasteiger partial charge is 0.321 e. The SMILES string of the molecule is Cc1ccc2c(c1C)NC(=O)c1ccccc1S2. The summed E-state index contributed by atoms with van der Waals surface area (Å²) in [6.45, 7) is 4.11. The topological polar surface area (TPSA) is 29.1 Å². The smallest absolute Gasteiger partial charge is 0.256 e. The van der Waals surface area contributed by atoms with Crippen LogP contribution in [0.3, 0.4) is 0 Å². The summed E-state index contributed by atoms with van der Waals surface area (Å²) in [5, 5.41) is 3.03. The Labute approximate surface area is 110 Å². The molecule has 0 atom stereocenters. The fourth-order valence-electron chi connectivity index (χ4n) is 2.07. The fraction of sp³-hybridized carbons (Fsp3) is 0.133. The molecule has 1 aliphatic rings. The van der Waals surface area contributed by atoms with E-state index in [1.54, 1.807) is 11.8 Å². The molecule has 0 aliphatic carbocycles. The molecule has 2 aromatic carbocycles. The van der Waals surface area contributed by atoms with Gasteiger partial charge in [0.1, 0.15) is 0 Å². The van der Waals surface area contributed by atoms with Gasteiger partial charge in [-0.1, -0.05) is 30.0 Å². The lowest BCUT2D eigenvalue weighted by atomic mass is 10.1. The third-order valence-corrected chi connectivity index (χ3v) is 4.42. The van der Waals surface area contributed by atoms with Gasteiger partial charge >= 0.3 is 0 Å². The Morgan fingerprint density at radius 2 is 1.78 bits per heavy atom. The highest BCUT2D eigenvalue weighted by molar-refractivity contribution is 7.99. The van der Waals surface area contributed by atoms with Crippen LogP contribution >= 0.6 is 11.8 Å². The quantitative estimate of drug-likeness (QED) is 0.770. The molecule has 0 radical (unpaired) electrons. The molecule has 0 unspecified atom stereocenters. The maximum atomic E-state index is 12.2. The molecule has 1 amide bonds. The molecular formula is C15H13NOS. The van der Waals surface area contributed by atoms with Gasteiger partial charge in [0.25, 0.3) is 5.91 Å². The van der Waals surface area contributed by atoms with Crippen LogP contribution in [0.5, 0.6) is 0 Å². The van der Waals surface area contributed by atoms with Gasteiger partial charge in [-0.05, 0) is 43.2 Å². The highest BCUT2D eigenvalue weighted by Gasteiger charge is 2.20. The Hall–Kier alpha value is -1.74. The van der Waals surface area contributed by atoms with Crippen LogP contribution in [-0.4, -0.2) is 5.91 Å². The molecule has 0 aromatic heterocycles. The van der Waals surface area contributed by atoms with Crippen LogP contribution in [0, 0.1) is 13.8 Å². The molecule has 18 heavy (non-hydrogen) atoms. The molecule has 0 bridgehead atoms. The second kappa shape index (κ2) is 4.18. The third-order valence-electron chi connectivity index (χ3n) is 3.29. The Bertz CT molecular complexity index is 649. The summed E-state index contributed by atoms with van der Waals surface area (Å²) in [4.78, 5) is 14.3. The predicted molar refractivity (Wildman–Crippen MR) is 74.4 cm³/mol. The molecule has 0 saturated heterocycles. The molecule has 3 heteroatoms. The second-order valence-electron chi connectivity index (χ2n) is 4.43. The van der Waals surface area contributed by atoms with Crippen molar-refractivity contribution in [3.05, 3.63) is 53.1 Å². The Morgan fingerprint density at radius 3 is 2.61 bits per heavy atom. The number of nitrogens with one attached hydrogen (secondary N) is 1. The zero-order valence-corrected chi connectivity index (χ0v) is 11.1. The normalized spacial score (nSPS) is 13.3. The number of rotatable bonds is 0. The first-order valence-electron chi connectivity index (χ1n) is 5.85. The minimum atomic E-state index is -0.0226. The van der Waals surface area contributed by atoms with Gasteiger partial charge in [0.05, 0.1) is 11.3 Å². The van der Waals surface area contributed by atoms with Crippen LogP contribution in [0.1, 0.15) is 21.5 Å². The zero-order chi connectivity index (χ0) is 12.7. The molecule has 1 N–H and O–H groups in total. The first-order valence-corrected chi connectivity index (χ1v) is 6.67. The van der Waals surface area contributed by atoms with Crippen molar-refractivity contribution in [3.63, 3.8) is 0 Å². The van der Waals surface area contributed by atoms with E-state index in [2.05, 4.69) is 24.4 Å². The number of fused-ring (bicyclic) bond motifs is 2. The summed E-state index contributed by atoms with van der Waals surface area (Å²) in [5.74, 6) is -0.0226. The van der Waals surface area contributed by atoms with Crippen molar-refractivity contribution in [2.24, 2.45) is 0 Å². The molecule has 3 rings (SSSR count). The van der Waals surface area contributed by atoms with Gasteiger partial charge in [-0.2, -0.15) is 0 Å². The lowest BCUT2D eigenvalue weighted by Gasteiger charge is -2.11. The van der Waals surface area contributed by atoms with E-state index >= 15 is 0 Å². The van der Waals surface area contributed by atoms with Gasteiger partial charge in [-0.3, -0.25) is 4.79 Å². The Balaban J connectivity index is 2.21. The molecule has 1 heterocycles. The number of hydrogen-bond donors (Lipinski definition) is 1. The minimum absolute atomic E-state index is 0.0226. The third kappa shape index (κ3) is 1.71. The molecule has 1 aliphatic heterocycles. The standard InChI is InChI=1S/C15H13NOS/c1-9-7-8-13-14(10(9)2)16-15(17)11-5-3-4-6-12(11)18-13/h3-8H,1-2H3,(H,16,17). The van der Waals surface area contributed by atoms with E-state index in [0.29, 0.717) is 0 Å². The Morgan fingerprint density at radius 1 is 1.00 bits per heavy atom. The highest BCUT2D eigenvalue weighted by Crippen LogP contribution is 2.40. The zero-order valence-electron chi connectivity index (χ0n) is 10.3. The van der Waals surface area contributed by atoms with E-state index in [4.69, 9.17) is 0 Å². The number of carbonyl (C=O) groups is 1. The summed E-state index contributed by atoms with van der Waals surface area (Å²) >= 11 is 1.65. The van der Waals surface area contributed by atoms with Crippen LogP contribution < -0.4 is 5.32 Å². The maximum absolute atomic E-state index is 12.2. The number of carbonyl (C=O) groups excluding carboxylic acids is 1. The number of anilines is 1. The molecule has 2 nitrogen and oxygen atoms in total. The molecular weight excluding hydrogens is 242 g/mol. The average molecular weight is 255 g/mol. The van der Waals surface area contributed by atoms with Crippen LogP contribution in [0.25, 0.3) is 0 Å². The predicted octanol–water partition coefficient (Wildman–Crippen LogP) is 4.02. The van der Waals surface area contributed by atoms with E-state index in [0.717, 1.165) is 26.6 Å². The average Bonchev–Trinajstić information content (AvgIpc) is 2.52. The van der Waals surface area contributed by atoms with Crippen molar-refractivity contribution in [3.8, 4) is 0 Å². The van der Waals surface area contributed by atoms with Gasteiger partial charge in [0, 0.05) is 9.79 Å². The monoisotopic (exact) mass is 255 g/mol. The van der Waals surface area contributed by atoms with Crippen LogP contribution in [0.4, 0.5) is 5.69 Å². The molecule has 90 valence electrons. The van der Waals surface area contributed by atoms with Gasteiger partial charge in [0.15, 0.2) is 0 Å². The van der Waals surface area contributed by atoms with Crippen molar-refractivity contribution >= 4 is 23.4 Å². The number of aryl methyl sites for hydroxylation is 1. The van der Waals surface area contributed by atoms with Gasteiger partial charge < -0.3 is 5.32 Å². The highest BCUT2D eigenvalue weighted by atomic mass is 32.2. The molecule has 2 aromatic rings. The first-order chi connectivity index (χ1) is 8.66. The summed E-state index contributed by atoms with van der Waals surface area (Å²) in [6, 6.07) is 11.9. The minimum Gasteiger partial charge on any atom is -0.321 e. The number of benzene rings is 2. The van der Waals surface area contributed by atoms with Gasteiger partial charge in [-0.15, -0.1) is 0 Å². The van der Waals surface area contributed by atoms with Crippen LogP contribution in [-0.2, 0) is 0 Å². The van der Waals surface area contributed by atoms with Gasteiger partial charge in [0.2, 0.25) is 0 Å². The summed E-state index contributed by atoms with van der Waals surface area (Å²) in [7, 11) is 0.